The van der Waals surface area contributed by atoms with Crippen molar-refractivity contribution in [3.63, 3.8) is 0 Å². The zero-order valence-electron chi connectivity index (χ0n) is 11.2. The largest absolute Gasteiger partial charge is 0.495 e. The van der Waals surface area contributed by atoms with Gasteiger partial charge in [0, 0.05) is 0 Å². The molecule has 1 fully saturated rings. The van der Waals surface area contributed by atoms with Crippen molar-refractivity contribution in [1.82, 2.24) is 0 Å². The quantitative estimate of drug-likeness (QED) is 0.666. The summed E-state index contributed by atoms with van der Waals surface area (Å²) in [5.74, 6) is 0.155. The molecule has 1 aromatic rings. The van der Waals surface area contributed by atoms with E-state index >= 15 is 0 Å². The van der Waals surface area contributed by atoms with Crippen molar-refractivity contribution < 1.29 is 19.0 Å². The normalized spacial score (nSPS) is 22.2. The van der Waals surface area contributed by atoms with E-state index in [9.17, 15) is 4.79 Å². The third-order valence-electron chi connectivity index (χ3n) is 3.19. The van der Waals surface area contributed by atoms with Crippen molar-refractivity contribution in [2.45, 2.75) is 32.0 Å². The summed E-state index contributed by atoms with van der Waals surface area (Å²) in [4.78, 5) is 11.9. The number of carbonyl (C=O) groups is 1. The minimum absolute atomic E-state index is 0.00884. The van der Waals surface area contributed by atoms with E-state index in [0.717, 1.165) is 12.8 Å². The highest BCUT2D eigenvalue weighted by Crippen LogP contribution is 2.23. The second-order valence-corrected chi connectivity index (χ2v) is 4.70. The first-order valence-corrected chi connectivity index (χ1v) is 6.36. The molecule has 2 atom stereocenters. The Morgan fingerprint density at radius 3 is 2.84 bits per heavy atom. The van der Waals surface area contributed by atoms with Crippen LogP contribution >= 0.6 is 0 Å². The van der Waals surface area contributed by atoms with Crippen molar-refractivity contribution in [3.05, 3.63) is 23.8 Å². The van der Waals surface area contributed by atoms with Crippen LogP contribution < -0.4 is 10.5 Å². The predicted octanol–water partition coefficient (Wildman–Crippen LogP) is 2.00. The molecule has 0 radical (unpaired) electrons. The molecular formula is C14H19NO4. The lowest BCUT2D eigenvalue weighted by Crippen LogP contribution is -2.19. The lowest BCUT2D eigenvalue weighted by molar-refractivity contribution is -0.00265. The Morgan fingerprint density at radius 1 is 1.47 bits per heavy atom. The van der Waals surface area contributed by atoms with Gasteiger partial charge in [0.1, 0.15) is 12.4 Å². The fraction of sp³-hybridized carbons (Fsp3) is 0.500. The summed E-state index contributed by atoms with van der Waals surface area (Å²) in [7, 11) is 1.53. The van der Waals surface area contributed by atoms with Crippen LogP contribution in [0.15, 0.2) is 18.2 Å². The van der Waals surface area contributed by atoms with E-state index in [1.54, 1.807) is 18.2 Å². The second-order valence-electron chi connectivity index (χ2n) is 4.70. The van der Waals surface area contributed by atoms with E-state index in [1.165, 1.54) is 7.11 Å². The Balaban J connectivity index is 1.91. The molecule has 2 N–H and O–H groups in total. The van der Waals surface area contributed by atoms with Gasteiger partial charge < -0.3 is 19.9 Å². The van der Waals surface area contributed by atoms with Crippen molar-refractivity contribution >= 4 is 11.7 Å². The first-order valence-electron chi connectivity index (χ1n) is 6.36. The molecule has 1 saturated heterocycles. The van der Waals surface area contributed by atoms with Crippen molar-refractivity contribution in [3.8, 4) is 5.75 Å². The third-order valence-corrected chi connectivity index (χ3v) is 3.19. The van der Waals surface area contributed by atoms with Gasteiger partial charge in [-0.05, 0) is 38.0 Å². The van der Waals surface area contributed by atoms with Gasteiger partial charge >= 0.3 is 5.97 Å². The molecule has 0 bridgehead atoms. The summed E-state index contributed by atoms with van der Waals surface area (Å²) < 4.78 is 15.9. The number of hydrogen-bond donors (Lipinski definition) is 1. The number of carbonyl (C=O) groups excluding carboxylic acids is 1. The SMILES string of the molecule is COc1ccc(C(=O)OCC2CCC(C)O2)cc1N. The number of esters is 1. The van der Waals surface area contributed by atoms with Crippen LogP contribution in [-0.2, 0) is 9.47 Å². The molecule has 0 aliphatic carbocycles. The molecular weight excluding hydrogens is 246 g/mol. The molecule has 1 heterocycles. The Bertz CT molecular complexity index is 461. The number of nitrogens with two attached hydrogens (primary N) is 1. The molecule has 5 nitrogen and oxygen atoms in total. The molecule has 0 spiro atoms. The molecule has 0 amide bonds. The minimum atomic E-state index is -0.391. The molecule has 2 rings (SSSR count). The zero-order valence-corrected chi connectivity index (χ0v) is 11.2. The van der Waals surface area contributed by atoms with Crippen molar-refractivity contribution in [1.29, 1.82) is 0 Å². The molecule has 19 heavy (non-hydrogen) atoms. The average molecular weight is 265 g/mol. The van der Waals surface area contributed by atoms with Gasteiger partial charge in [-0.2, -0.15) is 0 Å². The van der Waals surface area contributed by atoms with Crippen molar-refractivity contribution in [2.24, 2.45) is 0 Å². The highest BCUT2D eigenvalue weighted by Gasteiger charge is 2.23. The number of rotatable bonds is 4. The maximum Gasteiger partial charge on any atom is 0.338 e. The molecule has 1 aliphatic rings. The van der Waals surface area contributed by atoms with Gasteiger partial charge in [-0.15, -0.1) is 0 Å². The van der Waals surface area contributed by atoms with Gasteiger partial charge in [0.15, 0.2) is 0 Å². The molecule has 0 aromatic heterocycles. The van der Waals surface area contributed by atoms with E-state index in [4.69, 9.17) is 19.9 Å². The number of nitrogen functional groups attached to an aromatic ring is 1. The predicted molar refractivity (Wildman–Crippen MR) is 71.3 cm³/mol. The molecule has 1 aromatic carbocycles. The van der Waals surface area contributed by atoms with Crippen LogP contribution in [0.4, 0.5) is 5.69 Å². The zero-order chi connectivity index (χ0) is 13.8. The van der Waals surface area contributed by atoms with Crippen LogP contribution in [0, 0.1) is 0 Å². The van der Waals surface area contributed by atoms with Gasteiger partial charge in [0.05, 0.1) is 30.6 Å². The van der Waals surface area contributed by atoms with E-state index in [-0.39, 0.29) is 18.8 Å². The highest BCUT2D eigenvalue weighted by atomic mass is 16.6. The Hall–Kier alpha value is -1.75. The van der Waals surface area contributed by atoms with Crippen LogP contribution in [-0.4, -0.2) is 31.9 Å². The number of anilines is 1. The average Bonchev–Trinajstić information content (AvgIpc) is 2.81. The molecule has 1 aliphatic heterocycles. The summed E-state index contributed by atoms with van der Waals surface area (Å²) in [6.45, 7) is 2.31. The number of methoxy groups -OCH3 is 1. The van der Waals surface area contributed by atoms with Gasteiger partial charge in [-0.3, -0.25) is 0 Å². The third kappa shape index (κ3) is 3.38. The standard InChI is InChI=1S/C14H19NO4/c1-9-3-5-11(19-9)8-18-14(16)10-4-6-13(17-2)12(15)7-10/h4,6-7,9,11H,3,5,8,15H2,1-2H3. The smallest absolute Gasteiger partial charge is 0.338 e. The van der Waals surface area contributed by atoms with E-state index in [0.29, 0.717) is 17.0 Å². The Kier molecular flexibility index (Phi) is 4.27. The highest BCUT2D eigenvalue weighted by molar-refractivity contribution is 5.91. The summed E-state index contributed by atoms with van der Waals surface area (Å²) in [5, 5.41) is 0. The monoisotopic (exact) mass is 265 g/mol. The molecule has 0 saturated carbocycles. The van der Waals surface area contributed by atoms with Gasteiger partial charge in [0.25, 0.3) is 0 Å². The van der Waals surface area contributed by atoms with E-state index in [2.05, 4.69) is 0 Å². The first-order chi connectivity index (χ1) is 9.10. The first kappa shape index (κ1) is 13.7. The number of hydrogen-bond acceptors (Lipinski definition) is 5. The number of benzene rings is 1. The summed E-state index contributed by atoms with van der Waals surface area (Å²) in [5.41, 5.74) is 6.59. The van der Waals surface area contributed by atoms with Crippen LogP contribution in [0.5, 0.6) is 5.75 Å². The fourth-order valence-corrected chi connectivity index (χ4v) is 2.12. The van der Waals surface area contributed by atoms with Crippen LogP contribution in [0.1, 0.15) is 30.1 Å². The van der Waals surface area contributed by atoms with Crippen molar-refractivity contribution in [2.75, 3.05) is 19.5 Å². The lowest BCUT2D eigenvalue weighted by Gasteiger charge is -2.12. The van der Waals surface area contributed by atoms with Gasteiger partial charge in [-0.25, -0.2) is 4.79 Å². The minimum Gasteiger partial charge on any atom is -0.495 e. The van der Waals surface area contributed by atoms with Crippen LogP contribution in [0.3, 0.4) is 0 Å². The van der Waals surface area contributed by atoms with Crippen LogP contribution in [0.25, 0.3) is 0 Å². The summed E-state index contributed by atoms with van der Waals surface area (Å²) in [6.07, 6.45) is 2.20. The number of ether oxygens (including phenoxy) is 3. The van der Waals surface area contributed by atoms with E-state index in [1.807, 2.05) is 6.92 Å². The molecule has 104 valence electrons. The lowest BCUT2D eigenvalue weighted by atomic mass is 10.2. The molecule has 5 heteroatoms. The van der Waals surface area contributed by atoms with Crippen LogP contribution in [0.2, 0.25) is 0 Å². The summed E-state index contributed by atoms with van der Waals surface area (Å²) >= 11 is 0. The Labute approximate surface area is 112 Å². The maximum absolute atomic E-state index is 11.9. The van der Waals surface area contributed by atoms with Gasteiger partial charge in [0.2, 0.25) is 0 Å². The van der Waals surface area contributed by atoms with Gasteiger partial charge in [-0.1, -0.05) is 0 Å². The topological polar surface area (TPSA) is 70.8 Å². The molecule has 2 unspecified atom stereocenters. The summed E-state index contributed by atoms with van der Waals surface area (Å²) in [6, 6.07) is 4.84. The second kappa shape index (κ2) is 5.93. The Morgan fingerprint density at radius 2 is 2.26 bits per heavy atom. The van der Waals surface area contributed by atoms with E-state index < -0.39 is 5.97 Å². The maximum atomic E-state index is 11.9. The fourth-order valence-electron chi connectivity index (χ4n) is 2.12.